The van der Waals surface area contributed by atoms with Gasteiger partial charge in [-0.25, -0.2) is 4.79 Å². The fourth-order valence-electron chi connectivity index (χ4n) is 1.40. The maximum atomic E-state index is 12.0. The maximum Gasteiger partial charge on any atom is 0.343 e. The van der Waals surface area contributed by atoms with Crippen molar-refractivity contribution in [1.29, 1.82) is 0 Å². The zero-order chi connectivity index (χ0) is 13.5. The Bertz CT molecular complexity index is 466. The van der Waals surface area contributed by atoms with E-state index in [1.165, 1.54) is 13.3 Å². The van der Waals surface area contributed by atoms with Gasteiger partial charge >= 0.3 is 5.97 Å². The molecule has 0 aliphatic heterocycles. The number of hydrogen-bond donors (Lipinski definition) is 2. The van der Waals surface area contributed by atoms with Crippen LogP contribution in [0.3, 0.4) is 0 Å². The van der Waals surface area contributed by atoms with E-state index in [4.69, 9.17) is 9.84 Å². The molecule has 0 aliphatic carbocycles. The van der Waals surface area contributed by atoms with Gasteiger partial charge in [0, 0.05) is 6.20 Å². The Kier molecular flexibility index (Phi) is 5.38. The number of ether oxygens (including phenoxy) is 2. The average molecular weight is 255 g/mol. The van der Waals surface area contributed by atoms with Gasteiger partial charge in [0.2, 0.25) is 5.43 Å². The van der Waals surface area contributed by atoms with E-state index in [2.05, 4.69) is 9.72 Å². The first-order valence-electron chi connectivity index (χ1n) is 5.72. The van der Waals surface area contributed by atoms with Crippen molar-refractivity contribution in [1.82, 2.24) is 4.98 Å². The number of methoxy groups -OCH3 is 1. The Balaban J connectivity index is 3.10. The topological polar surface area (TPSA) is 88.6 Å². The Morgan fingerprint density at radius 2 is 2.22 bits per heavy atom. The lowest BCUT2D eigenvalue weighted by Gasteiger charge is -2.10. The smallest absolute Gasteiger partial charge is 0.343 e. The molecule has 0 amide bonds. The highest BCUT2D eigenvalue weighted by atomic mass is 16.5. The Labute approximate surface area is 105 Å². The number of nitrogens with one attached hydrogen (secondary N) is 1. The Hall–Kier alpha value is -1.82. The predicted octanol–water partition coefficient (Wildman–Crippen LogP) is 0.833. The number of carbonyl (C=O) groups is 1. The molecule has 18 heavy (non-hydrogen) atoms. The molecule has 1 aromatic heterocycles. The fraction of sp³-hybridized carbons (Fsp3) is 0.500. The van der Waals surface area contributed by atoms with Crippen molar-refractivity contribution in [2.24, 2.45) is 0 Å². The zero-order valence-corrected chi connectivity index (χ0v) is 10.5. The summed E-state index contributed by atoms with van der Waals surface area (Å²) in [4.78, 5) is 26.0. The number of hydrogen-bond acceptors (Lipinski definition) is 5. The summed E-state index contributed by atoms with van der Waals surface area (Å²) in [7, 11) is 1.19. The highest BCUT2D eigenvalue weighted by Crippen LogP contribution is 2.12. The number of esters is 1. The van der Waals surface area contributed by atoms with Crippen LogP contribution < -0.4 is 10.2 Å². The molecule has 0 atom stereocenters. The lowest BCUT2D eigenvalue weighted by atomic mass is 10.2. The van der Waals surface area contributed by atoms with Crippen molar-refractivity contribution in [3.05, 3.63) is 27.7 Å². The monoisotopic (exact) mass is 255 g/mol. The molecular weight excluding hydrogens is 238 g/mol. The summed E-state index contributed by atoms with van der Waals surface area (Å²) >= 11 is 0. The van der Waals surface area contributed by atoms with Crippen LogP contribution in [0.4, 0.5) is 0 Å². The third-order valence-corrected chi connectivity index (χ3v) is 2.42. The summed E-state index contributed by atoms with van der Waals surface area (Å²) in [6.45, 7) is 1.99. The number of aromatic amines is 1. The van der Waals surface area contributed by atoms with Gasteiger partial charge in [0.15, 0.2) is 5.75 Å². The van der Waals surface area contributed by atoms with E-state index in [-0.39, 0.29) is 23.6 Å². The average Bonchev–Trinajstić information content (AvgIpc) is 2.39. The second-order valence-electron chi connectivity index (χ2n) is 3.69. The van der Waals surface area contributed by atoms with Crippen LogP contribution in [0.25, 0.3) is 0 Å². The molecule has 0 saturated heterocycles. The van der Waals surface area contributed by atoms with Crippen molar-refractivity contribution in [3.63, 3.8) is 0 Å². The van der Waals surface area contributed by atoms with Gasteiger partial charge in [0.1, 0.15) is 5.56 Å². The van der Waals surface area contributed by atoms with Crippen LogP contribution in [0.5, 0.6) is 5.75 Å². The molecule has 1 heterocycles. The highest BCUT2D eigenvalue weighted by Gasteiger charge is 2.18. The van der Waals surface area contributed by atoms with E-state index < -0.39 is 11.4 Å². The maximum absolute atomic E-state index is 12.0. The molecule has 1 rings (SSSR count). The quantitative estimate of drug-likeness (QED) is 0.580. The number of pyridine rings is 1. The van der Waals surface area contributed by atoms with Crippen LogP contribution in [0.2, 0.25) is 0 Å². The molecule has 6 heteroatoms. The van der Waals surface area contributed by atoms with Crippen molar-refractivity contribution < 1.29 is 19.4 Å². The van der Waals surface area contributed by atoms with Crippen molar-refractivity contribution in [2.75, 3.05) is 13.7 Å². The molecule has 6 nitrogen and oxygen atoms in total. The second-order valence-corrected chi connectivity index (χ2v) is 3.69. The van der Waals surface area contributed by atoms with E-state index in [0.29, 0.717) is 6.61 Å². The number of aliphatic hydroxyl groups is 1. The van der Waals surface area contributed by atoms with Crippen LogP contribution >= 0.6 is 0 Å². The number of rotatable bonds is 6. The van der Waals surface area contributed by atoms with Crippen LogP contribution in [0.1, 0.15) is 35.8 Å². The molecule has 0 aromatic carbocycles. The standard InChI is InChI=1S/C12H17NO5/c1-3-4-5-18-11-9(7-14)13-6-8(10(11)15)12(16)17-2/h6,14H,3-5,7H2,1-2H3,(H,13,15). The van der Waals surface area contributed by atoms with Gasteiger partial charge in [-0.3, -0.25) is 4.79 Å². The van der Waals surface area contributed by atoms with Crippen molar-refractivity contribution >= 4 is 5.97 Å². The predicted molar refractivity (Wildman–Crippen MR) is 64.7 cm³/mol. The Morgan fingerprint density at radius 3 is 2.78 bits per heavy atom. The van der Waals surface area contributed by atoms with Gasteiger partial charge in [-0.15, -0.1) is 0 Å². The number of aromatic nitrogens is 1. The summed E-state index contributed by atoms with van der Waals surface area (Å²) in [5, 5.41) is 9.12. The molecule has 0 radical (unpaired) electrons. The molecule has 1 aromatic rings. The molecule has 100 valence electrons. The third-order valence-electron chi connectivity index (χ3n) is 2.42. The summed E-state index contributed by atoms with van der Waals surface area (Å²) in [5.74, 6) is -0.755. The van der Waals surface area contributed by atoms with Crippen LogP contribution in [0.15, 0.2) is 11.0 Å². The first-order chi connectivity index (χ1) is 8.65. The minimum absolute atomic E-state index is 0.0196. The summed E-state index contributed by atoms with van der Waals surface area (Å²) in [5.41, 5.74) is -0.453. The van der Waals surface area contributed by atoms with E-state index in [1.807, 2.05) is 6.92 Å². The SMILES string of the molecule is CCCCOc1c(CO)[nH]cc(C(=O)OC)c1=O. The summed E-state index contributed by atoms with van der Waals surface area (Å²) < 4.78 is 9.82. The fourth-order valence-corrected chi connectivity index (χ4v) is 1.40. The van der Waals surface area contributed by atoms with Gasteiger partial charge in [0.25, 0.3) is 0 Å². The minimum Gasteiger partial charge on any atom is -0.488 e. The second kappa shape index (κ2) is 6.80. The first-order valence-corrected chi connectivity index (χ1v) is 5.72. The minimum atomic E-state index is -0.735. The van der Waals surface area contributed by atoms with Gasteiger partial charge in [-0.1, -0.05) is 13.3 Å². The number of unbranched alkanes of at least 4 members (excludes halogenated alkanes) is 1. The van der Waals surface area contributed by atoms with Gasteiger partial charge in [-0.2, -0.15) is 0 Å². The van der Waals surface area contributed by atoms with Gasteiger partial charge in [0.05, 0.1) is 26.0 Å². The van der Waals surface area contributed by atoms with E-state index in [9.17, 15) is 9.59 Å². The van der Waals surface area contributed by atoms with Crippen molar-refractivity contribution in [2.45, 2.75) is 26.4 Å². The summed E-state index contributed by atoms with van der Waals surface area (Å²) in [6.07, 6.45) is 2.92. The first kappa shape index (κ1) is 14.2. The molecule has 0 fully saturated rings. The largest absolute Gasteiger partial charge is 0.488 e. The lowest BCUT2D eigenvalue weighted by molar-refractivity contribution is 0.0598. The van der Waals surface area contributed by atoms with E-state index in [1.54, 1.807) is 0 Å². The van der Waals surface area contributed by atoms with E-state index >= 15 is 0 Å². The van der Waals surface area contributed by atoms with E-state index in [0.717, 1.165) is 12.8 Å². The molecule has 0 spiro atoms. The molecule has 0 aliphatic rings. The number of aliphatic hydroxyl groups excluding tert-OH is 1. The zero-order valence-electron chi connectivity index (χ0n) is 10.5. The number of carbonyl (C=O) groups excluding carboxylic acids is 1. The number of H-pyrrole nitrogens is 1. The van der Waals surface area contributed by atoms with Crippen molar-refractivity contribution in [3.8, 4) is 5.75 Å². The van der Waals surface area contributed by atoms with Crippen LogP contribution in [0, 0.1) is 0 Å². The molecular formula is C12H17NO5. The summed E-state index contributed by atoms with van der Waals surface area (Å²) in [6, 6.07) is 0. The normalized spacial score (nSPS) is 10.2. The molecule has 0 bridgehead atoms. The lowest BCUT2D eigenvalue weighted by Crippen LogP contribution is -2.21. The highest BCUT2D eigenvalue weighted by molar-refractivity contribution is 5.89. The molecule has 0 unspecified atom stereocenters. The van der Waals surface area contributed by atoms with Crippen LogP contribution in [-0.4, -0.2) is 29.8 Å². The van der Waals surface area contributed by atoms with Gasteiger partial charge < -0.3 is 19.6 Å². The molecule has 0 saturated carbocycles. The van der Waals surface area contributed by atoms with Crippen LogP contribution in [-0.2, 0) is 11.3 Å². The van der Waals surface area contributed by atoms with Gasteiger partial charge in [-0.05, 0) is 6.42 Å². The Morgan fingerprint density at radius 1 is 1.50 bits per heavy atom. The third kappa shape index (κ3) is 3.10. The molecule has 2 N–H and O–H groups in total.